The lowest BCUT2D eigenvalue weighted by atomic mass is 10.1. The number of hydrogen-bond donors (Lipinski definition) is 1. The average molecular weight is 188 g/mol. The first-order valence-corrected chi connectivity index (χ1v) is 4.14. The monoisotopic (exact) mass is 188 g/mol. The van der Waals surface area contributed by atoms with Gasteiger partial charge in [0.2, 0.25) is 0 Å². The van der Waals surface area contributed by atoms with Crippen LogP contribution in [-0.2, 0) is 0 Å². The van der Waals surface area contributed by atoms with Gasteiger partial charge in [-0.3, -0.25) is 0 Å². The van der Waals surface area contributed by atoms with E-state index >= 15 is 0 Å². The Morgan fingerprint density at radius 1 is 1.21 bits per heavy atom. The minimum absolute atomic E-state index is 0.263. The molecule has 0 radical (unpaired) electrons. The topological polar surface area (TPSA) is 50.4 Å². The zero-order valence-electron chi connectivity index (χ0n) is 7.31. The van der Waals surface area contributed by atoms with E-state index in [4.69, 9.17) is 9.52 Å². The van der Waals surface area contributed by atoms with Gasteiger partial charge < -0.3 is 9.52 Å². The van der Waals surface area contributed by atoms with Crippen molar-refractivity contribution in [3.63, 3.8) is 0 Å². The van der Waals surface area contributed by atoms with Crippen molar-refractivity contribution in [2.24, 2.45) is 0 Å². The highest BCUT2D eigenvalue weighted by atomic mass is 16.4. The molecule has 2 rings (SSSR count). The summed E-state index contributed by atoms with van der Waals surface area (Å²) >= 11 is 0. The molecule has 0 aliphatic heterocycles. The highest BCUT2D eigenvalue weighted by Crippen LogP contribution is 2.20. The average Bonchev–Trinajstić information content (AvgIpc) is 2.71. The van der Waals surface area contributed by atoms with Gasteiger partial charge in [0, 0.05) is 5.56 Å². The second kappa shape index (κ2) is 3.38. The van der Waals surface area contributed by atoms with Crippen LogP contribution in [-0.4, -0.2) is 11.1 Å². The maximum atomic E-state index is 10.7. The first-order valence-electron chi connectivity index (χ1n) is 4.14. The molecule has 2 aromatic rings. The van der Waals surface area contributed by atoms with Gasteiger partial charge in [-0.25, -0.2) is 4.79 Å². The molecule has 3 nitrogen and oxygen atoms in total. The fourth-order valence-corrected chi connectivity index (χ4v) is 1.25. The number of hydrogen-bond acceptors (Lipinski definition) is 2. The van der Waals surface area contributed by atoms with Crippen molar-refractivity contribution in [2.45, 2.75) is 0 Å². The molecule has 3 heteroatoms. The van der Waals surface area contributed by atoms with Gasteiger partial charge in [0.15, 0.2) is 0 Å². The first-order chi connectivity index (χ1) is 6.77. The Hall–Kier alpha value is -2.03. The third-order valence-electron chi connectivity index (χ3n) is 1.92. The summed E-state index contributed by atoms with van der Waals surface area (Å²) in [6.45, 7) is 0. The molecule has 0 amide bonds. The van der Waals surface area contributed by atoms with Crippen molar-refractivity contribution in [3.8, 4) is 11.3 Å². The summed E-state index contributed by atoms with van der Waals surface area (Å²) < 4.78 is 5.16. The highest BCUT2D eigenvalue weighted by Gasteiger charge is 2.05. The van der Waals surface area contributed by atoms with Crippen LogP contribution in [0, 0.1) is 0 Å². The Bertz CT molecular complexity index is 443. The molecule has 0 saturated heterocycles. The fourth-order valence-electron chi connectivity index (χ4n) is 1.25. The van der Waals surface area contributed by atoms with Gasteiger partial charge >= 0.3 is 5.97 Å². The van der Waals surface area contributed by atoms with Crippen molar-refractivity contribution in [3.05, 3.63) is 48.2 Å². The Morgan fingerprint density at radius 2 is 2.07 bits per heavy atom. The molecule has 0 bridgehead atoms. The van der Waals surface area contributed by atoms with Crippen LogP contribution in [0.5, 0.6) is 0 Å². The SMILES string of the molecule is O=C(O)c1cccc(-c2ccco2)c1. The van der Waals surface area contributed by atoms with Crippen LogP contribution in [0.1, 0.15) is 10.4 Å². The molecule has 14 heavy (non-hydrogen) atoms. The van der Waals surface area contributed by atoms with Gasteiger partial charge in [0.05, 0.1) is 11.8 Å². The lowest BCUT2D eigenvalue weighted by molar-refractivity contribution is 0.0697. The third kappa shape index (κ3) is 1.52. The zero-order chi connectivity index (χ0) is 9.97. The predicted molar refractivity (Wildman–Crippen MR) is 51.1 cm³/mol. The lowest BCUT2D eigenvalue weighted by Crippen LogP contribution is -1.95. The molecule has 0 aliphatic rings. The Kier molecular flexibility index (Phi) is 2.07. The minimum Gasteiger partial charge on any atom is -0.478 e. The van der Waals surface area contributed by atoms with Crippen molar-refractivity contribution >= 4 is 5.97 Å². The quantitative estimate of drug-likeness (QED) is 0.788. The van der Waals surface area contributed by atoms with Crippen molar-refractivity contribution in [1.82, 2.24) is 0 Å². The third-order valence-corrected chi connectivity index (χ3v) is 1.92. The first kappa shape index (κ1) is 8.56. The van der Waals surface area contributed by atoms with E-state index in [0.717, 1.165) is 5.56 Å². The summed E-state index contributed by atoms with van der Waals surface area (Å²) in [6.07, 6.45) is 1.56. The molecule has 1 N–H and O–H groups in total. The van der Waals surface area contributed by atoms with Gasteiger partial charge in [-0.15, -0.1) is 0 Å². The Morgan fingerprint density at radius 3 is 2.71 bits per heavy atom. The number of rotatable bonds is 2. The number of carboxylic acid groups (broad SMARTS) is 1. The van der Waals surface area contributed by atoms with E-state index in [-0.39, 0.29) is 5.56 Å². The largest absolute Gasteiger partial charge is 0.478 e. The number of furan rings is 1. The van der Waals surface area contributed by atoms with Gasteiger partial charge in [-0.1, -0.05) is 12.1 Å². The van der Waals surface area contributed by atoms with Gasteiger partial charge in [-0.2, -0.15) is 0 Å². The van der Waals surface area contributed by atoms with Crippen LogP contribution in [0.15, 0.2) is 47.1 Å². The number of benzene rings is 1. The number of carbonyl (C=O) groups is 1. The van der Waals surface area contributed by atoms with E-state index in [2.05, 4.69) is 0 Å². The minimum atomic E-state index is -0.932. The molecular weight excluding hydrogens is 180 g/mol. The lowest BCUT2D eigenvalue weighted by Gasteiger charge is -1.98. The molecule has 0 saturated carbocycles. The van der Waals surface area contributed by atoms with Crippen LogP contribution in [0.25, 0.3) is 11.3 Å². The second-order valence-electron chi connectivity index (χ2n) is 2.86. The molecule has 1 aromatic heterocycles. The molecule has 0 fully saturated rings. The summed E-state index contributed by atoms with van der Waals surface area (Å²) in [4.78, 5) is 10.7. The normalized spacial score (nSPS) is 10.0. The summed E-state index contributed by atoms with van der Waals surface area (Å²) in [5.74, 6) is -0.258. The Labute approximate surface area is 80.6 Å². The van der Waals surface area contributed by atoms with Crippen LogP contribution in [0.2, 0.25) is 0 Å². The molecule has 1 aromatic carbocycles. The van der Waals surface area contributed by atoms with Crippen LogP contribution in [0.4, 0.5) is 0 Å². The summed E-state index contributed by atoms with van der Waals surface area (Å²) in [6, 6.07) is 10.2. The van der Waals surface area contributed by atoms with Crippen molar-refractivity contribution in [2.75, 3.05) is 0 Å². The molecular formula is C11H8O3. The zero-order valence-corrected chi connectivity index (χ0v) is 7.31. The molecule has 0 unspecified atom stereocenters. The van der Waals surface area contributed by atoms with E-state index in [1.165, 1.54) is 0 Å². The van der Waals surface area contributed by atoms with Crippen LogP contribution >= 0.6 is 0 Å². The van der Waals surface area contributed by atoms with Crippen molar-refractivity contribution in [1.29, 1.82) is 0 Å². The molecule has 70 valence electrons. The van der Waals surface area contributed by atoms with Crippen molar-refractivity contribution < 1.29 is 14.3 Å². The van der Waals surface area contributed by atoms with E-state index < -0.39 is 5.97 Å². The molecule has 0 atom stereocenters. The fraction of sp³-hybridized carbons (Fsp3) is 0. The van der Waals surface area contributed by atoms with Gasteiger partial charge in [0.25, 0.3) is 0 Å². The molecule has 0 spiro atoms. The van der Waals surface area contributed by atoms with E-state index in [9.17, 15) is 4.79 Å². The summed E-state index contributed by atoms with van der Waals surface area (Å²) in [7, 11) is 0. The smallest absolute Gasteiger partial charge is 0.335 e. The van der Waals surface area contributed by atoms with Crippen LogP contribution in [0.3, 0.4) is 0 Å². The maximum Gasteiger partial charge on any atom is 0.335 e. The molecule has 1 heterocycles. The number of aromatic carboxylic acids is 1. The van der Waals surface area contributed by atoms with Gasteiger partial charge in [-0.05, 0) is 24.3 Å². The van der Waals surface area contributed by atoms with E-state index in [1.807, 2.05) is 6.07 Å². The highest BCUT2D eigenvalue weighted by molar-refractivity contribution is 5.89. The van der Waals surface area contributed by atoms with Gasteiger partial charge in [0.1, 0.15) is 5.76 Å². The summed E-state index contributed by atoms with van der Waals surface area (Å²) in [5, 5.41) is 8.78. The molecule has 0 aliphatic carbocycles. The maximum absolute atomic E-state index is 10.7. The van der Waals surface area contributed by atoms with E-state index in [1.54, 1.807) is 36.6 Å². The van der Waals surface area contributed by atoms with Crippen LogP contribution < -0.4 is 0 Å². The Balaban J connectivity index is 2.46. The van der Waals surface area contributed by atoms with E-state index in [0.29, 0.717) is 5.76 Å². The second-order valence-corrected chi connectivity index (χ2v) is 2.86. The standard InChI is InChI=1S/C11H8O3/c12-11(13)9-4-1-3-8(7-9)10-5-2-6-14-10/h1-7H,(H,12,13). The number of carboxylic acids is 1. The summed E-state index contributed by atoms with van der Waals surface area (Å²) in [5.41, 5.74) is 1.04. The predicted octanol–water partition coefficient (Wildman–Crippen LogP) is 2.64.